The molecule has 1 saturated carbocycles. The van der Waals surface area contributed by atoms with Gasteiger partial charge >= 0.3 is 0 Å². The molecule has 3 atom stereocenters. The number of aromatic hydroxyl groups is 1. The van der Waals surface area contributed by atoms with E-state index in [0.29, 0.717) is 18.5 Å². The number of hydrogen-bond acceptors (Lipinski definition) is 4. The van der Waals surface area contributed by atoms with Crippen molar-refractivity contribution in [3.05, 3.63) is 59.4 Å². The van der Waals surface area contributed by atoms with Crippen LogP contribution in [0.2, 0.25) is 0 Å². The average Bonchev–Trinajstić information content (AvgIpc) is 2.63. The van der Waals surface area contributed by atoms with Crippen LogP contribution in [0.15, 0.2) is 42.6 Å². The highest BCUT2D eigenvalue weighted by atomic mass is 16.3. The summed E-state index contributed by atoms with van der Waals surface area (Å²) in [5, 5.41) is 21.0. The van der Waals surface area contributed by atoms with Crippen LogP contribution in [0.4, 0.5) is 0 Å². The molecule has 0 bridgehead atoms. The van der Waals surface area contributed by atoms with Crippen LogP contribution in [0.5, 0.6) is 5.75 Å². The normalized spacial score (nSPS) is 31.3. The molecule has 2 aliphatic rings. The summed E-state index contributed by atoms with van der Waals surface area (Å²) in [7, 11) is 0. The zero-order valence-corrected chi connectivity index (χ0v) is 14.4. The Labute approximate surface area is 147 Å². The number of aromatic nitrogens is 1. The second-order valence-electron chi connectivity index (χ2n) is 7.47. The van der Waals surface area contributed by atoms with Crippen LogP contribution < -0.4 is 0 Å². The number of carbonyl (C=O) groups excluding carboxylic acids is 1. The van der Waals surface area contributed by atoms with Gasteiger partial charge in [-0.2, -0.15) is 0 Å². The van der Waals surface area contributed by atoms with Gasteiger partial charge < -0.3 is 10.2 Å². The van der Waals surface area contributed by atoms with Gasteiger partial charge in [-0.3, -0.25) is 9.78 Å². The number of nitrogens with zero attached hydrogens (tertiary/aromatic N) is 1. The minimum atomic E-state index is -1.49. The average molecular weight is 337 g/mol. The summed E-state index contributed by atoms with van der Waals surface area (Å²) in [6.07, 6.45) is 4.98. The molecule has 0 spiro atoms. The highest BCUT2D eigenvalue weighted by Crippen LogP contribution is 2.55. The first kappa shape index (κ1) is 16.3. The minimum absolute atomic E-state index is 0.148. The van der Waals surface area contributed by atoms with E-state index in [2.05, 4.69) is 11.9 Å². The van der Waals surface area contributed by atoms with Crippen molar-refractivity contribution in [1.82, 2.24) is 4.98 Å². The molecule has 2 aliphatic carbocycles. The van der Waals surface area contributed by atoms with Crippen molar-refractivity contribution in [3.8, 4) is 5.75 Å². The van der Waals surface area contributed by atoms with Crippen molar-refractivity contribution in [1.29, 1.82) is 0 Å². The van der Waals surface area contributed by atoms with E-state index < -0.39 is 5.60 Å². The number of rotatable bonds is 2. The van der Waals surface area contributed by atoms with Crippen molar-refractivity contribution in [3.63, 3.8) is 0 Å². The number of pyridine rings is 1. The van der Waals surface area contributed by atoms with Gasteiger partial charge in [0.1, 0.15) is 5.75 Å². The Morgan fingerprint density at radius 1 is 1.28 bits per heavy atom. The molecule has 25 heavy (non-hydrogen) atoms. The van der Waals surface area contributed by atoms with E-state index in [4.69, 9.17) is 0 Å². The Balaban J connectivity index is 1.79. The molecular formula is C21H23NO3. The van der Waals surface area contributed by atoms with E-state index in [9.17, 15) is 15.0 Å². The second kappa shape index (κ2) is 5.67. The van der Waals surface area contributed by atoms with Crippen LogP contribution in [-0.2, 0) is 22.2 Å². The Hall–Kier alpha value is -2.20. The molecule has 130 valence electrons. The number of benzene rings is 1. The molecule has 4 rings (SSSR count). The lowest BCUT2D eigenvalue weighted by Crippen LogP contribution is -2.54. The Morgan fingerprint density at radius 3 is 2.84 bits per heavy atom. The Morgan fingerprint density at radius 2 is 2.12 bits per heavy atom. The fraction of sp³-hybridized carbons (Fsp3) is 0.429. The monoisotopic (exact) mass is 337 g/mol. The van der Waals surface area contributed by atoms with Gasteiger partial charge in [0.2, 0.25) is 0 Å². The van der Waals surface area contributed by atoms with Gasteiger partial charge in [-0.05, 0) is 67.0 Å². The fourth-order valence-electron chi connectivity index (χ4n) is 5.00. The summed E-state index contributed by atoms with van der Waals surface area (Å²) in [6, 6.07) is 10.9. The molecule has 0 saturated heterocycles. The number of aryl methyl sites for hydroxylation is 1. The number of hydrogen-bond donors (Lipinski definition) is 2. The van der Waals surface area contributed by atoms with E-state index in [1.54, 1.807) is 24.4 Å². The van der Waals surface area contributed by atoms with Gasteiger partial charge in [-0.25, -0.2) is 0 Å². The molecule has 4 heteroatoms. The van der Waals surface area contributed by atoms with Crippen molar-refractivity contribution >= 4 is 5.78 Å². The number of phenols is 1. The molecule has 1 fully saturated rings. The molecule has 0 amide bonds. The summed E-state index contributed by atoms with van der Waals surface area (Å²) < 4.78 is 0. The third-order valence-corrected chi connectivity index (χ3v) is 6.37. The molecule has 1 aromatic heterocycles. The van der Waals surface area contributed by atoms with Crippen LogP contribution >= 0.6 is 0 Å². The number of phenolic OH excluding ortho intramolecular Hbond substituents is 1. The van der Waals surface area contributed by atoms with Crippen LogP contribution in [0.25, 0.3) is 0 Å². The van der Waals surface area contributed by atoms with Crippen LogP contribution in [0.3, 0.4) is 0 Å². The SMILES string of the molecule is CCC12CC(=O)C(O)(c3ccccn3)CC1CCc1cc(O)ccc12. The molecule has 4 nitrogen and oxygen atoms in total. The number of carbonyl (C=O) groups is 1. The molecule has 2 N–H and O–H groups in total. The predicted octanol–water partition coefficient (Wildman–Crippen LogP) is 3.25. The molecule has 3 unspecified atom stereocenters. The van der Waals surface area contributed by atoms with E-state index in [1.807, 2.05) is 18.2 Å². The predicted molar refractivity (Wildman–Crippen MR) is 94.3 cm³/mol. The molecule has 1 heterocycles. The van der Waals surface area contributed by atoms with Crippen molar-refractivity contribution in [2.75, 3.05) is 0 Å². The number of ketones is 1. The lowest BCUT2D eigenvalue weighted by molar-refractivity contribution is -0.151. The van der Waals surface area contributed by atoms with E-state index >= 15 is 0 Å². The Kier molecular flexibility index (Phi) is 3.69. The van der Waals surface area contributed by atoms with E-state index in [1.165, 1.54) is 5.56 Å². The molecule has 2 aromatic rings. The van der Waals surface area contributed by atoms with Crippen LogP contribution in [0, 0.1) is 5.92 Å². The van der Waals surface area contributed by atoms with Crippen molar-refractivity contribution < 1.29 is 15.0 Å². The number of Topliss-reactive ketones (excluding diaryl/α,β-unsaturated/α-hetero) is 1. The maximum absolute atomic E-state index is 13.1. The molecule has 1 aromatic carbocycles. The van der Waals surface area contributed by atoms with E-state index in [0.717, 1.165) is 24.8 Å². The Bertz CT molecular complexity index is 819. The summed E-state index contributed by atoms with van der Waals surface area (Å²) in [5.74, 6) is 0.347. The van der Waals surface area contributed by atoms with Crippen molar-refractivity contribution in [2.45, 2.75) is 50.0 Å². The third kappa shape index (κ3) is 2.31. The van der Waals surface area contributed by atoms with Gasteiger partial charge in [0.05, 0.1) is 5.69 Å². The third-order valence-electron chi connectivity index (χ3n) is 6.37. The second-order valence-corrected chi connectivity index (χ2v) is 7.47. The lowest BCUT2D eigenvalue weighted by atomic mass is 9.52. The molecular weight excluding hydrogens is 314 g/mol. The highest BCUT2D eigenvalue weighted by molar-refractivity contribution is 5.90. The summed E-state index contributed by atoms with van der Waals surface area (Å²) in [6.45, 7) is 2.12. The standard InChI is InChI=1S/C21H23NO3/c1-2-20-13-19(24)21(25,18-5-3-4-10-22-18)12-15(20)7-6-14-11-16(23)8-9-17(14)20/h3-5,8-11,15,23,25H,2,6-7,12-13H2,1H3. The molecule has 0 aliphatic heterocycles. The topological polar surface area (TPSA) is 70.4 Å². The maximum atomic E-state index is 13.1. The van der Waals surface area contributed by atoms with Crippen molar-refractivity contribution in [2.24, 2.45) is 5.92 Å². The number of aliphatic hydroxyl groups is 1. The summed E-state index contributed by atoms with van der Waals surface area (Å²) >= 11 is 0. The van der Waals surface area contributed by atoms with Gasteiger partial charge in [0, 0.05) is 18.0 Å². The maximum Gasteiger partial charge on any atom is 0.171 e. The van der Waals surface area contributed by atoms with E-state index in [-0.39, 0.29) is 22.9 Å². The first-order chi connectivity index (χ1) is 12.0. The van der Waals surface area contributed by atoms with Gasteiger partial charge in [0.25, 0.3) is 0 Å². The largest absolute Gasteiger partial charge is 0.508 e. The fourth-order valence-corrected chi connectivity index (χ4v) is 5.00. The first-order valence-electron chi connectivity index (χ1n) is 8.99. The van der Waals surface area contributed by atoms with Gasteiger partial charge in [0.15, 0.2) is 11.4 Å². The number of fused-ring (bicyclic) bond motifs is 3. The molecule has 0 radical (unpaired) electrons. The van der Waals surface area contributed by atoms with Crippen LogP contribution in [0.1, 0.15) is 49.4 Å². The lowest BCUT2D eigenvalue weighted by Gasteiger charge is -2.51. The first-order valence-corrected chi connectivity index (χ1v) is 8.99. The summed E-state index contributed by atoms with van der Waals surface area (Å²) in [4.78, 5) is 17.3. The quantitative estimate of drug-likeness (QED) is 0.882. The zero-order chi connectivity index (χ0) is 17.7. The summed E-state index contributed by atoms with van der Waals surface area (Å²) in [5.41, 5.74) is 1.02. The minimum Gasteiger partial charge on any atom is -0.508 e. The van der Waals surface area contributed by atoms with Gasteiger partial charge in [-0.1, -0.05) is 19.1 Å². The van der Waals surface area contributed by atoms with Gasteiger partial charge in [-0.15, -0.1) is 0 Å². The van der Waals surface area contributed by atoms with Crippen LogP contribution in [-0.4, -0.2) is 21.0 Å². The zero-order valence-electron chi connectivity index (χ0n) is 14.4. The smallest absolute Gasteiger partial charge is 0.171 e. The highest BCUT2D eigenvalue weighted by Gasteiger charge is 2.56.